The standard InChI is InChI=1S/C8H16NS.BrH/c1-5-6-7-10-8(2)9(3)4;/h5-6H,7H2,1-4H3;1H/q+1;/p-1. The van der Waals surface area contributed by atoms with Crippen molar-refractivity contribution in [2.45, 2.75) is 13.8 Å². The van der Waals surface area contributed by atoms with Gasteiger partial charge in [-0.2, -0.15) is 0 Å². The number of hydrogen-bond acceptors (Lipinski definition) is 1. The lowest BCUT2D eigenvalue weighted by Gasteiger charge is -1.93. The molecule has 0 fully saturated rings. The third kappa shape index (κ3) is 8.14. The lowest BCUT2D eigenvalue weighted by molar-refractivity contribution is -0.461. The zero-order valence-corrected chi connectivity index (χ0v) is 10.00. The Morgan fingerprint density at radius 2 is 2.00 bits per heavy atom. The third-order valence-corrected chi connectivity index (χ3v) is 2.40. The van der Waals surface area contributed by atoms with Gasteiger partial charge >= 0.3 is 0 Å². The summed E-state index contributed by atoms with van der Waals surface area (Å²) in [6.07, 6.45) is 4.24. The van der Waals surface area contributed by atoms with Crippen LogP contribution in [0, 0.1) is 0 Å². The van der Waals surface area contributed by atoms with E-state index in [1.54, 1.807) is 0 Å². The van der Waals surface area contributed by atoms with Crippen LogP contribution < -0.4 is 17.0 Å². The maximum Gasteiger partial charge on any atom is 0.207 e. The number of hydrogen-bond donors (Lipinski definition) is 0. The van der Waals surface area contributed by atoms with Crippen molar-refractivity contribution < 1.29 is 21.6 Å². The fourth-order valence-corrected chi connectivity index (χ4v) is 1.18. The Hall–Kier alpha value is 0.240. The summed E-state index contributed by atoms with van der Waals surface area (Å²) in [4.78, 5) is 0. The van der Waals surface area contributed by atoms with E-state index in [1.807, 2.05) is 18.7 Å². The Morgan fingerprint density at radius 3 is 2.36 bits per heavy atom. The van der Waals surface area contributed by atoms with E-state index < -0.39 is 0 Å². The first-order chi connectivity index (χ1) is 4.68. The van der Waals surface area contributed by atoms with Crippen LogP contribution in [0.2, 0.25) is 0 Å². The van der Waals surface area contributed by atoms with Crippen LogP contribution in [0.25, 0.3) is 0 Å². The van der Waals surface area contributed by atoms with Crippen LogP contribution in [-0.4, -0.2) is 29.5 Å². The highest BCUT2D eigenvalue weighted by Crippen LogP contribution is 2.01. The van der Waals surface area contributed by atoms with E-state index in [-0.39, 0.29) is 17.0 Å². The fourth-order valence-electron chi connectivity index (χ4n) is 0.394. The van der Waals surface area contributed by atoms with Crippen molar-refractivity contribution in [1.29, 1.82) is 0 Å². The lowest BCUT2D eigenvalue weighted by Crippen LogP contribution is -3.00. The monoisotopic (exact) mass is 237 g/mol. The van der Waals surface area contributed by atoms with E-state index in [4.69, 9.17) is 0 Å². The maximum atomic E-state index is 2.16. The van der Waals surface area contributed by atoms with Crippen LogP contribution in [0.4, 0.5) is 0 Å². The second-order valence-electron chi connectivity index (χ2n) is 2.29. The first kappa shape index (κ1) is 13.8. The summed E-state index contributed by atoms with van der Waals surface area (Å²) < 4.78 is 2.13. The highest BCUT2D eigenvalue weighted by Gasteiger charge is 1.96. The maximum absolute atomic E-state index is 2.16. The molecule has 3 heteroatoms. The van der Waals surface area contributed by atoms with Crippen molar-refractivity contribution in [1.82, 2.24) is 0 Å². The molecule has 0 bridgehead atoms. The van der Waals surface area contributed by atoms with Crippen LogP contribution in [0.1, 0.15) is 13.8 Å². The van der Waals surface area contributed by atoms with E-state index in [2.05, 4.69) is 37.7 Å². The summed E-state index contributed by atoms with van der Waals surface area (Å²) >= 11 is 1.86. The Bertz CT molecular complexity index is 148. The van der Waals surface area contributed by atoms with Gasteiger partial charge < -0.3 is 17.0 Å². The molecule has 0 aromatic carbocycles. The normalized spacial score (nSPS) is 9.45. The summed E-state index contributed by atoms with van der Waals surface area (Å²) in [5.41, 5.74) is 0. The molecule has 0 unspecified atom stereocenters. The second kappa shape index (κ2) is 8.34. The molecule has 0 rings (SSSR count). The summed E-state index contributed by atoms with van der Waals surface area (Å²) in [6.45, 7) is 4.18. The summed E-state index contributed by atoms with van der Waals surface area (Å²) in [6, 6.07) is 0. The van der Waals surface area contributed by atoms with Gasteiger partial charge in [0.1, 0.15) is 14.1 Å². The molecular weight excluding hydrogens is 222 g/mol. The summed E-state index contributed by atoms with van der Waals surface area (Å²) in [5.74, 6) is 1.08. The van der Waals surface area contributed by atoms with Gasteiger partial charge in [0.05, 0.1) is 0 Å². The molecule has 0 aromatic heterocycles. The molecule has 0 amide bonds. The highest BCUT2D eigenvalue weighted by atomic mass is 79.9. The molecule has 11 heavy (non-hydrogen) atoms. The Labute approximate surface area is 84.3 Å². The number of allylic oxidation sites excluding steroid dienone is 1. The van der Waals surface area contributed by atoms with Crippen molar-refractivity contribution in [3.8, 4) is 0 Å². The predicted molar refractivity (Wildman–Crippen MR) is 50.1 cm³/mol. The predicted octanol–water partition coefficient (Wildman–Crippen LogP) is -1.01. The molecule has 0 heterocycles. The molecule has 0 spiro atoms. The van der Waals surface area contributed by atoms with Gasteiger partial charge in [0.15, 0.2) is 0 Å². The average Bonchev–Trinajstić information content (AvgIpc) is 1.88. The van der Waals surface area contributed by atoms with E-state index in [0.717, 1.165) is 5.75 Å². The van der Waals surface area contributed by atoms with Gasteiger partial charge in [-0.1, -0.05) is 23.9 Å². The molecule has 0 aliphatic heterocycles. The summed E-state index contributed by atoms with van der Waals surface area (Å²) in [5, 5.41) is 1.36. The number of nitrogens with zero attached hydrogens (tertiary/aromatic N) is 1. The fraction of sp³-hybridized carbons (Fsp3) is 0.625. The minimum absolute atomic E-state index is 0. The molecule has 0 saturated carbocycles. The third-order valence-electron chi connectivity index (χ3n) is 1.25. The van der Waals surface area contributed by atoms with Crippen LogP contribution in [0.3, 0.4) is 0 Å². The molecule has 0 N–H and O–H groups in total. The van der Waals surface area contributed by atoms with Gasteiger partial charge in [-0.3, -0.25) is 0 Å². The van der Waals surface area contributed by atoms with Crippen molar-refractivity contribution in [2.24, 2.45) is 0 Å². The Morgan fingerprint density at radius 1 is 1.45 bits per heavy atom. The zero-order valence-electron chi connectivity index (χ0n) is 7.60. The topological polar surface area (TPSA) is 3.01 Å². The molecule has 0 aromatic rings. The van der Waals surface area contributed by atoms with E-state index in [9.17, 15) is 0 Å². The SMILES string of the molecule is CC=CCSC(C)=[N+](C)C.[Br-]. The number of thioether (sulfide) groups is 1. The highest BCUT2D eigenvalue weighted by molar-refractivity contribution is 8.13. The van der Waals surface area contributed by atoms with Gasteiger partial charge in [-0.25, -0.2) is 4.58 Å². The van der Waals surface area contributed by atoms with Gasteiger partial charge in [0.25, 0.3) is 0 Å². The van der Waals surface area contributed by atoms with Crippen molar-refractivity contribution in [3.05, 3.63) is 12.2 Å². The van der Waals surface area contributed by atoms with E-state index >= 15 is 0 Å². The van der Waals surface area contributed by atoms with Gasteiger partial charge in [-0.05, 0) is 6.92 Å². The van der Waals surface area contributed by atoms with Crippen LogP contribution >= 0.6 is 11.8 Å². The molecule has 1 nitrogen and oxygen atoms in total. The molecule has 66 valence electrons. The van der Waals surface area contributed by atoms with Crippen molar-refractivity contribution in [3.63, 3.8) is 0 Å². The minimum atomic E-state index is 0. The van der Waals surface area contributed by atoms with Crippen LogP contribution in [-0.2, 0) is 0 Å². The van der Waals surface area contributed by atoms with Crippen molar-refractivity contribution >= 4 is 16.8 Å². The molecule has 0 radical (unpaired) electrons. The number of rotatable bonds is 2. The number of halogens is 1. The second-order valence-corrected chi connectivity index (χ2v) is 3.51. The molecule has 0 aliphatic carbocycles. The van der Waals surface area contributed by atoms with E-state index in [0.29, 0.717) is 0 Å². The van der Waals surface area contributed by atoms with Gasteiger partial charge in [0, 0.05) is 12.7 Å². The minimum Gasteiger partial charge on any atom is -1.00 e. The summed E-state index contributed by atoms with van der Waals surface area (Å²) in [7, 11) is 4.13. The largest absolute Gasteiger partial charge is 1.00 e. The van der Waals surface area contributed by atoms with E-state index in [1.165, 1.54) is 5.04 Å². The van der Waals surface area contributed by atoms with Crippen molar-refractivity contribution in [2.75, 3.05) is 19.8 Å². The Kier molecular flexibility index (Phi) is 10.5. The van der Waals surface area contributed by atoms with Crippen LogP contribution in [0.15, 0.2) is 12.2 Å². The molecule has 0 aliphatic rings. The van der Waals surface area contributed by atoms with Gasteiger partial charge in [0.2, 0.25) is 5.04 Å². The Balaban J connectivity index is 0. The van der Waals surface area contributed by atoms with Gasteiger partial charge in [-0.15, -0.1) is 0 Å². The molecular formula is C8H16BrNS. The first-order valence-corrected chi connectivity index (χ1v) is 4.42. The molecule has 0 saturated heterocycles. The zero-order chi connectivity index (χ0) is 7.98. The lowest BCUT2D eigenvalue weighted by atomic mass is 10.6. The first-order valence-electron chi connectivity index (χ1n) is 3.43. The smallest absolute Gasteiger partial charge is 0.207 e. The molecule has 0 atom stereocenters. The quantitative estimate of drug-likeness (QED) is 0.258. The average molecular weight is 238 g/mol. The van der Waals surface area contributed by atoms with Crippen LogP contribution in [0.5, 0.6) is 0 Å².